The number of hydrogen-bond donors (Lipinski definition) is 1. The number of rotatable bonds is 3. The van der Waals surface area contributed by atoms with E-state index < -0.39 is 6.04 Å². The second-order valence-electron chi connectivity index (χ2n) is 6.55. The zero-order valence-electron chi connectivity index (χ0n) is 15.0. The van der Waals surface area contributed by atoms with E-state index in [4.69, 9.17) is 16.3 Å². The van der Waals surface area contributed by atoms with Crippen LogP contribution in [0.1, 0.15) is 18.9 Å². The van der Waals surface area contributed by atoms with E-state index >= 15 is 0 Å². The Morgan fingerprint density at radius 1 is 1.31 bits per heavy atom. The minimum absolute atomic E-state index is 0.180. The van der Waals surface area contributed by atoms with Crippen LogP contribution in [-0.2, 0) is 14.3 Å². The maximum atomic E-state index is 12.9. The van der Waals surface area contributed by atoms with Crippen LogP contribution in [0.15, 0.2) is 18.2 Å². The Labute approximate surface area is 157 Å². The molecule has 2 heterocycles. The molecule has 3 amide bonds. The van der Waals surface area contributed by atoms with E-state index in [2.05, 4.69) is 0 Å². The van der Waals surface area contributed by atoms with Crippen LogP contribution >= 0.6 is 11.6 Å². The Morgan fingerprint density at radius 3 is 2.65 bits per heavy atom. The number of halogens is 1. The molecule has 3 rings (SSSR count). The van der Waals surface area contributed by atoms with Gasteiger partial charge in [-0.3, -0.25) is 14.5 Å². The predicted molar refractivity (Wildman–Crippen MR) is 96.4 cm³/mol. The lowest BCUT2D eigenvalue weighted by atomic mass is 10.1. The lowest BCUT2D eigenvalue weighted by Crippen LogP contribution is -3.19. The average molecular weight is 381 g/mol. The molecule has 2 aliphatic heterocycles. The van der Waals surface area contributed by atoms with Gasteiger partial charge in [-0.2, -0.15) is 0 Å². The van der Waals surface area contributed by atoms with Gasteiger partial charge in [0.05, 0.1) is 44.9 Å². The van der Waals surface area contributed by atoms with Crippen LogP contribution in [0.5, 0.6) is 0 Å². The summed E-state index contributed by atoms with van der Waals surface area (Å²) in [6.45, 7) is 6.18. The highest BCUT2D eigenvalue weighted by Crippen LogP contribution is 2.30. The van der Waals surface area contributed by atoms with E-state index in [1.807, 2.05) is 0 Å². The summed E-state index contributed by atoms with van der Waals surface area (Å²) >= 11 is 6.14. The summed E-state index contributed by atoms with van der Waals surface area (Å²) < 4.78 is 5.02. The first kappa shape index (κ1) is 18.7. The van der Waals surface area contributed by atoms with Gasteiger partial charge in [-0.1, -0.05) is 17.7 Å². The highest BCUT2D eigenvalue weighted by molar-refractivity contribution is 6.32. The molecule has 26 heavy (non-hydrogen) atoms. The number of benzene rings is 1. The fourth-order valence-corrected chi connectivity index (χ4v) is 3.75. The fraction of sp³-hybridized carbons (Fsp3) is 0.500. The normalized spacial score (nSPS) is 21.4. The molecule has 1 aromatic carbocycles. The lowest BCUT2D eigenvalue weighted by molar-refractivity contribution is -0.918. The second kappa shape index (κ2) is 7.63. The van der Waals surface area contributed by atoms with Crippen molar-refractivity contribution < 1.29 is 24.0 Å². The van der Waals surface area contributed by atoms with Crippen LogP contribution in [0.4, 0.5) is 10.5 Å². The van der Waals surface area contributed by atoms with Crippen LogP contribution < -0.4 is 9.80 Å². The van der Waals surface area contributed by atoms with E-state index in [0.717, 1.165) is 10.5 Å². The van der Waals surface area contributed by atoms with Crippen molar-refractivity contribution in [3.63, 3.8) is 0 Å². The molecule has 0 spiro atoms. The number of carbonyl (C=O) groups excluding carboxylic acids is 3. The summed E-state index contributed by atoms with van der Waals surface area (Å²) in [5, 5.41) is 0.530. The number of imide groups is 1. The molecule has 140 valence electrons. The Balaban J connectivity index is 1.70. The molecule has 8 heteroatoms. The minimum Gasteiger partial charge on any atom is -0.450 e. The number of amides is 3. The number of nitrogens with zero attached hydrogens (tertiary/aromatic N) is 2. The van der Waals surface area contributed by atoms with Crippen LogP contribution in [0.3, 0.4) is 0 Å². The van der Waals surface area contributed by atoms with Gasteiger partial charge in [-0.15, -0.1) is 0 Å². The molecule has 2 saturated heterocycles. The largest absolute Gasteiger partial charge is 0.450 e. The first-order valence-electron chi connectivity index (χ1n) is 8.82. The molecule has 0 radical (unpaired) electrons. The zero-order chi connectivity index (χ0) is 18.8. The lowest BCUT2D eigenvalue weighted by Gasteiger charge is -2.33. The Morgan fingerprint density at radius 2 is 2.00 bits per heavy atom. The number of piperazine rings is 1. The van der Waals surface area contributed by atoms with E-state index in [0.29, 0.717) is 43.5 Å². The highest BCUT2D eigenvalue weighted by Gasteiger charge is 2.47. The first-order valence-corrected chi connectivity index (χ1v) is 9.20. The zero-order valence-corrected chi connectivity index (χ0v) is 15.7. The van der Waals surface area contributed by atoms with Crippen molar-refractivity contribution in [1.29, 1.82) is 0 Å². The molecule has 1 atom stereocenters. The number of quaternary nitrogens is 1. The quantitative estimate of drug-likeness (QED) is 0.781. The smallest absolute Gasteiger partial charge is 0.410 e. The van der Waals surface area contributed by atoms with Crippen molar-refractivity contribution in [2.45, 2.75) is 26.3 Å². The van der Waals surface area contributed by atoms with Crippen molar-refractivity contribution in [3.05, 3.63) is 28.8 Å². The summed E-state index contributed by atoms with van der Waals surface area (Å²) in [4.78, 5) is 41.2. The van der Waals surface area contributed by atoms with Gasteiger partial charge in [0.15, 0.2) is 6.04 Å². The van der Waals surface area contributed by atoms with Crippen LogP contribution in [-0.4, -0.2) is 61.6 Å². The topological polar surface area (TPSA) is 71.4 Å². The molecule has 2 fully saturated rings. The van der Waals surface area contributed by atoms with Gasteiger partial charge in [0, 0.05) is 5.02 Å². The summed E-state index contributed by atoms with van der Waals surface area (Å²) in [7, 11) is 0. The van der Waals surface area contributed by atoms with E-state index in [9.17, 15) is 14.4 Å². The van der Waals surface area contributed by atoms with Gasteiger partial charge in [-0.25, -0.2) is 9.69 Å². The van der Waals surface area contributed by atoms with Gasteiger partial charge in [-0.05, 0) is 31.5 Å². The number of ether oxygens (including phenoxy) is 1. The fourth-order valence-electron chi connectivity index (χ4n) is 3.58. The van der Waals surface area contributed by atoms with Crippen molar-refractivity contribution in [3.8, 4) is 0 Å². The molecule has 2 aliphatic rings. The van der Waals surface area contributed by atoms with Gasteiger partial charge in [0.1, 0.15) is 0 Å². The second-order valence-corrected chi connectivity index (χ2v) is 6.96. The van der Waals surface area contributed by atoms with Crippen LogP contribution in [0.2, 0.25) is 5.02 Å². The van der Waals surface area contributed by atoms with Gasteiger partial charge in [0.25, 0.3) is 5.91 Å². The average Bonchev–Trinajstić information content (AvgIpc) is 2.92. The Kier molecular flexibility index (Phi) is 5.48. The molecule has 0 bridgehead atoms. The summed E-state index contributed by atoms with van der Waals surface area (Å²) in [5.74, 6) is -0.398. The van der Waals surface area contributed by atoms with Crippen molar-refractivity contribution >= 4 is 35.2 Å². The molecule has 0 aromatic heterocycles. The summed E-state index contributed by atoms with van der Waals surface area (Å²) in [5.41, 5.74) is 1.28. The number of hydrogen-bond acceptors (Lipinski definition) is 4. The Bertz CT molecular complexity index is 731. The SMILES string of the molecule is CCOC(=O)N1CC[NH+]([C@@H]2CC(=O)N(c3cccc(Cl)c3C)C2=O)CC1. The molecule has 0 aliphatic carbocycles. The molecule has 7 nitrogen and oxygen atoms in total. The third kappa shape index (κ3) is 3.41. The van der Waals surface area contributed by atoms with Crippen LogP contribution in [0, 0.1) is 6.92 Å². The van der Waals surface area contributed by atoms with Crippen molar-refractivity contribution in [2.24, 2.45) is 0 Å². The van der Waals surface area contributed by atoms with E-state index in [1.165, 1.54) is 4.90 Å². The monoisotopic (exact) mass is 380 g/mol. The Hall–Kier alpha value is -2.12. The van der Waals surface area contributed by atoms with Gasteiger partial charge < -0.3 is 9.64 Å². The molecule has 0 unspecified atom stereocenters. The number of anilines is 1. The first-order chi connectivity index (χ1) is 12.4. The van der Waals surface area contributed by atoms with Gasteiger partial charge >= 0.3 is 6.09 Å². The maximum Gasteiger partial charge on any atom is 0.410 e. The maximum absolute atomic E-state index is 12.9. The molecular weight excluding hydrogens is 358 g/mol. The van der Waals surface area contributed by atoms with Crippen molar-refractivity contribution in [1.82, 2.24) is 4.90 Å². The van der Waals surface area contributed by atoms with Crippen LogP contribution in [0.25, 0.3) is 0 Å². The standard InChI is InChI=1S/C18H22ClN3O4/c1-3-26-18(25)21-9-7-20(8-10-21)15-11-16(23)22(17(15)24)14-6-4-5-13(19)12(14)2/h4-6,15H,3,7-11H2,1-2H3/p+1/t15-/m1/s1. The summed E-state index contributed by atoms with van der Waals surface area (Å²) in [6, 6.07) is 4.81. The van der Waals surface area contributed by atoms with Gasteiger partial charge in [0.2, 0.25) is 5.91 Å². The highest BCUT2D eigenvalue weighted by atomic mass is 35.5. The third-order valence-electron chi connectivity index (χ3n) is 5.05. The third-order valence-corrected chi connectivity index (χ3v) is 5.46. The summed E-state index contributed by atoms with van der Waals surface area (Å²) in [6.07, 6.45) is -0.143. The molecule has 1 N–H and O–H groups in total. The van der Waals surface area contributed by atoms with E-state index in [1.54, 1.807) is 36.9 Å². The minimum atomic E-state index is -0.412. The molecule has 1 aromatic rings. The predicted octanol–water partition coefficient (Wildman–Crippen LogP) is 0.637. The van der Waals surface area contributed by atoms with Crippen molar-refractivity contribution in [2.75, 3.05) is 37.7 Å². The van der Waals surface area contributed by atoms with E-state index in [-0.39, 0.29) is 24.3 Å². The number of carbonyl (C=O) groups is 3. The molecule has 0 saturated carbocycles. The number of nitrogens with one attached hydrogen (secondary N) is 1. The molecular formula is C18H23ClN3O4+.